The zero-order valence-corrected chi connectivity index (χ0v) is 48.1. The number of rotatable bonds is 10. The number of piperazine rings is 2. The van der Waals surface area contributed by atoms with Crippen LogP contribution in [0.5, 0.6) is 0 Å². The molecule has 2 fully saturated rings. The SMILES string of the molecule is [C-]#[N+]c1ccc(NC(=O)N2CCN([C@H]3c4ccc(Cl)cc4C(C(N=[N+]=[N-])c4cncn4C)=Cc4cccnc43)CC2)cc1.[C-]#[N+]c1ccc(NC(=O)N2CCN([C@H]3c4ccc(Cl)cc4C(C(N=[N+]=[N-])c4cncn4C)=Cc4cccnc43)CC2)cc1. The van der Waals surface area contributed by atoms with E-state index in [0.29, 0.717) is 85.2 Å². The number of aryl methyl sites for hydroxylation is 2. The van der Waals surface area contributed by atoms with Crippen LogP contribution in [0.3, 0.4) is 0 Å². The number of urea groups is 2. The van der Waals surface area contributed by atoms with Gasteiger partial charge in [-0.2, -0.15) is 0 Å². The van der Waals surface area contributed by atoms with Crippen LogP contribution in [-0.2, 0) is 14.1 Å². The van der Waals surface area contributed by atoms with Gasteiger partial charge in [-0.15, -0.1) is 0 Å². The first-order valence-electron chi connectivity index (χ1n) is 27.4. The fourth-order valence-electron chi connectivity index (χ4n) is 11.5. The van der Waals surface area contributed by atoms with Gasteiger partial charge in [0.1, 0.15) is 12.1 Å². The van der Waals surface area contributed by atoms with Crippen molar-refractivity contribution in [2.45, 2.75) is 24.2 Å². The smallest absolute Gasteiger partial charge is 0.321 e. The Balaban J connectivity index is 0.000000179. The highest BCUT2D eigenvalue weighted by Crippen LogP contribution is 2.47. The second-order valence-corrected chi connectivity index (χ2v) is 21.6. The number of nitrogens with zero attached hydrogens (tertiary/aromatic N) is 18. The summed E-state index contributed by atoms with van der Waals surface area (Å²) in [6, 6.07) is 31.0. The Hall–Kier alpha value is -10.3. The first kappa shape index (κ1) is 57.5. The van der Waals surface area contributed by atoms with E-state index in [1.807, 2.05) is 96.0 Å². The third-order valence-corrected chi connectivity index (χ3v) is 16.2. The lowest BCUT2D eigenvalue weighted by Crippen LogP contribution is -2.51. The van der Waals surface area contributed by atoms with E-state index >= 15 is 0 Å². The molecule has 2 aliphatic carbocycles. The number of benzene rings is 4. The van der Waals surface area contributed by atoms with Crippen LogP contribution in [-0.4, -0.2) is 113 Å². The summed E-state index contributed by atoms with van der Waals surface area (Å²) in [4.78, 5) is 65.8. The Kier molecular flexibility index (Phi) is 17.2. The van der Waals surface area contributed by atoms with Gasteiger partial charge in [-0.05, 0) is 128 Å². The quantitative estimate of drug-likeness (QED) is 0.0576. The Morgan fingerprint density at radius 1 is 0.581 bits per heavy atom. The topological polar surface area (TPSA) is 239 Å². The maximum Gasteiger partial charge on any atom is 0.321 e. The molecular formula is C62H54Cl2N20O2. The van der Waals surface area contributed by atoms with Crippen molar-refractivity contribution in [3.63, 3.8) is 0 Å². The lowest BCUT2D eigenvalue weighted by molar-refractivity contribution is 0.125. The number of hydrogen-bond acceptors (Lipinski definition) is 10. The number of pyridine rings is 2. The van der Waals surface area contributed by atoms with Gasteiger partial charge in [-0.1, -0.05) is 82.0 Å². The first-order chi connectivity index (χ1) is 41.9. The number of hydrogen-bond donors (Lipinski definition) is 2. The Bertz CT molecular complexity index is 3850. The summed E-state index contributed by atoms with van der Waals surface area (Å²) in [6.07, 6.45) is 14.4. The monoisotopic (exact) mass is 1180 g/mol. The Morgan fingerprint density at radius 2 is 0.977 bits per heavy atom. The van der Waals surface area contributed by atoms with Crippen molar-refractivity contribution in [1.82, 2.24) is 48.7 Å². The highest BCUT2D eigenvalue weighted by molar-refractivity contribution is 6.31. The van der Waals surface area contributed by atoms with Crippen LogP contribution in [0.1, 0.15) is 80.3 Å². The van der Waals surface area contributed by atoms with Crippen LogP contribution in [0.4, 0.5) is 32.3 Å². The molecule has 0 radical (unpaired) electrons. The lowest BCUT2D eigenvalue weighted by Gasteiger charge is -2.39. The number of imidazole rings is 2. The molecule has 428 valence electrons. The molecule has 0 bridgehead atoms. The molecule has 24 heteroatoms. The lowest BCUT2D eigenvalue weighted by atomic mass is 9.90. The van der Waals surface area contributed by atoms with E-state index in [0.717, 1.165) is 67.3 Å². The van der Waals surface area contributed by atoms with Crippen LogP contribution in [0.2, 0.25) is 10.0 Å². The molecule has 4 aromatic carbocycles. The highest BCUT2D eigenvalue weighted by Gasteiger charge is 2.38. The van der Waals surface area contributed by atoms with Gasteiger partial charge in [-0.3, -0.25) is 19.8 Å². The van der Waals surface area contributed by atoms with Crippen molar-refractivity contribution < 1.29 is 9.59 Å². The number of carbonyl (C=O) groups excluding carboxylic acids is 2. The molecule has 4 amide bonds. The molecule has 2 saturated heterocycles. The molecule has 2 aliphatic heterocycles. The number of carbonyl (C=O) groups is 2. The number of halogens is 2. The molecule has 4 aromatic heterocycles. The average molecular weight is 1180 g/mol. The molecule has 6 heterocycles. The van der Waals surface area contributed by atoms with Gasteiger partial charge in [0.05, 0.1) is 60.7 Å². The fourth-order valence-corrected chi connectivity index (χ4v) is 11.9. The van der Waals surface area contributed by atoms with Crippen molar-refractivity contribution >= 4 is 81.3 Å². The summed E-state index contributed by atoms with van der Waals surface area (Å²) in [5.74, 6) is 0. The van der Waals surface area contributed by atoms with Crippen molar-refractivity contribution in [2.24, 2.45) is 24.3 Å². The van der Waals surface area contributed by atoms with Crippen LogP contribution in [0, 0.1) is 13.1 Å². The van der Waals surface area contributed by atoms with E-state index in [9.17, 15) is 20.7 Å². The molecular weight excluding hydrogens is 1130 g/mol. The number of aromatic nitrogens is 6. The Morgan fingerprint density at radius 3 is 1.33 bits per heavy atom. The summed E-state index contributed by atoms with van der Waals surface area (Å²) in [6.45, 7) is 18.8. The molecule has 12 rings (SSSR count). The predicted octanol–water partition coefficient (Wildman–Crippen LogP) is 13.7. The molecule has 2 unspecified atom stereocenters. The van der Waals surface area contributed by atoms with E-state index in [4.69, 9.17) is 46.3 Å². The number of fused-ring (bicyclic) bond motifs is 4. The summed E-state index contributed by atoms with van der Waals surface area (Å²) in [7, 11) is 3.74. The Labute approximate surface area is 505 Å². The van der Waals surface area contributed by atoms with Crippen molar-refractivity contribution in [3.8, 4) is 0 Å². The number of azide groups is 2. The molecule has 2 N–H and O–H groups in total. The second kappa shape index (κ2) is 25.7. The number of amides is 4. The van der Waals surface area contributed by atoms with Crippen LogP contribution >= 0.6 is 23.2 Å². The van der Waals surface area contributed by atoms with Gasteiger partial charge in [0.25, 0.3) is 0 Å². The first-order valence-corrected chi connectivity index (χ1v) is 28.2. The summed E-state index contributed by atoms with van der Waals surface area (Å²) >= 11 is 13.1. The molecule has 22 nitrogen and oxygen atoms in total. The molecule has 8 aromatic rings. The van der Waals surface area contributed by atoms with Crippen molar-refractivity contribution in [1.29, 1.82) is 0 Å². The van der Waals surface area contributed by atoms with Gasteiger partial charge in [0.2, 0.25) is 0 Å². The van der Waals surface area contributed by atoms with E-state index in [-0.39, 0.29) is 24.1 Å². The molecule has 86 heavy (non-hydrogen) atoms. The van der Waals surface area contributed by atoms with Gasteiger partial charge in [-0.25, -0.2) is 29.2 Å². The maximum atomic E-state index is 13.1. The highest BCUT2D eigenvalue weighted by atomic mass is 35.5. The standard InChI is InChI=1S/2C31H27ClN10O/c2*1-34-22-6-8-23(9-7-22)37-31(43)42-14-12-41(13-15-42)30-24-10-5-21(32)17-25(24)26(16-20-4-3-11-36-28(20)30)29(38-39-33)27-18-35-19-40(27)2/h2*3-11,16-19,29-30H,12-15H2,2H3,(H,37,43)/t2*29?,30-/m00/s1. The fraction of sp³-hybridized carbons (Fsp3) is 0.226. The minimum Gasteiger partial charge on any atom is -0.337 e. The minimum absolute atomic E-state index is 0.181. The molecule has 4 atom stereocenters. The minimum atomic E-state index is -0.647. The zero-order valence-electron chi connectivity index (χ0n) is 46.6. The predicted molar refractivity (Wildman–Crippen MR) is 331 cm³/mol. The van der Waals surface area contributed by atoms with Crippen LogP contribution in [0.25, 0.3) is 53.9 Å². The van der Waals surface area contributed by atoms with Gasteiger partial charge in [0.15, 0.2) is 11.4 Å². The zero-order chi connectivity index (χ0) is 59.8. The molecule has 4 aliphatic rings. The normalized spacial score (nSPS) is 16.9. The second-order valence-electron chi connectivity index (χ2n) is 20.7. The maximum absolute atomic E-state index is 13.1. The van der Waals surface area contributed by atoms with E-state index < -0.39 is 12.1 Å². The third-order valence-electron chi connectivity index (χ3n) is 15.7. The third kappa shape index (κ3) is 12.1. The largest absolute Gasteiger partial charge is 0.337 e. The van der Waals surface area contributed by atoms with E-state index in [1.165, 1.54) is 0 Å². The number of nitrogens with one attached hydrogen (secondary N) is 2. The van der Waals surface area contributed by atoms with Crippen molar-refractivity contribution in [3.05, 3.63) is 257 Å². The molecule has 0 saturated carbocycles. The van der Waals surface area contributed by atoms with Gasteiger partial charge < -0.3 is 29.6 Å². The van der Waals surface area contributed by atoms with Crippen LogP contribution < -0.4 is 10.6 Å². The van der Waals surface area contributed by atoms with Crippen LogP contribution in [0.15, 0.2) is 157 Å². The van der Waals surface area contributed by atoms with Gasteiger partial charge in [0, 0.05) is 122 Å². The van der Waals surface area contributed by atoms with E-state index in [2.05, 4.69) is 60.1 Å². The summed E-state index contributed by atoms with van der Waals surface area (Å²) in [5.41, 5.74) is 31.9. The van der Waals surface area contributed by atoms with Crippen molar-refractivity contribution in [2.75, 3.05) is 63.0 Å². The average Bonchev–Trinajstić information content (AvgIpc) is 4.35. The van der Waals surface area contributed by atoms with E-state index in [1.54, 1.807) is 95.8 Å². The summed E-state index contributed by atoms with van der Waals surface area (Å²) in [5, 5.41) is 15.4. The molecule has 0 spiro atoms. The number of anilines is 2. The van der Waals surface area contributed by atoms with Gasteiger partial charge >= 0.3 is 12.1 Å². The summed E-state index contributed by atoms with van der Waals surface area (Å²) < 4.78 is 3.70.